The third-order valence-corrected chi connectivity index (χ3v) is 6.46. The van der Waals surface area contributed by atoms with Gasteiger partial charge in [0.2, 0.25) is 0 Å². The number of piperazine rings is 1. The maximum atomic E-state index is 12.3. The van der Waals surface area contributed by atoms with Crippen molar-refractivity contribution < 1.29 is 9.53 Å². The van der Waals surface area contributed by atoms with Crippen LogP contribution in [0.5, 0.6) is 0 Å². The highest BCUT2D eigenvalue weighted by molar-refractivity contribution is 5.70. The van der Waals surface area contributed by atoms with E-state index in [0.717, 1.165) is 50.4 Å². The van der Waals surface area contributed by atoms with Gasteiger partial charge in [-0.1, -0.05) is 60.7 Å². The van der Waals surface area contributed by atoms with Crippen LogP contribution in [0.15, 0.2) is 79.1 Å². The van der Waals surface area contributed by atoms with Crippen LogP contribution in [0.1, 0.15) is 28.4 Å². The summed E-state index contributed by atoms with van der Waals surface area (Å²) in [6, 6.07) is 22.7. The zero-order valence-electron chi connectivity index (χ0n) is 18.8. The molecular formula is C27H30N4O2. The molecule has 2 aromatic carbocycles. The number of amides is 1. The molecule has 6 heteroatoms. The molecule has 2 aliphatic rings. The quantitative estimate of drug-likeness (QED) is 0.552. The van der Waals surface area contributed by atoms with Gasteiger partial charge in [-0.2, -0.15) is 0 Å². The Morgan fingerprint density at radius 1 is 0.758 bits per heavy atom. The monoisotopic (exact) mass is 442 g/mol. The van der Waals surface area contributed by atoms with Crippen LogP contribution in [0.25, 0.3) is 0 Å². The standard InChI is InChI=1S/C27H30N4O2/c32-27-31(21-26(33-27)25-6-2-1-3-7-25)20-23-10-8-22(9-11-23)18-29-13-15-30(16-14-29)19-24-5-4-12-28-17-24/h1-12,17,26H,13-16,18-21H2/t26-/m0/s1. The van der Waals surface area contributed by atoms with Crippen molar-refractivity contribution in [1.29, 1.82) is 0 Å². The maximum absolute atomic E-state index is 12.3. The van der Waals surface area contributed by atoms with Crippen molar-refractivity contribution >= 4 is 6.09 Å². The number of rotatable bonds is 7. The van der Waals surface area contributed by atoms with Crippen LogP contribution in [0.4, 0.5) is 4.79 Å². The number of hydrogen-bond acceptors (Lipinski definition) is 5. The molecule has 3 heterocycles. The summed E-state index contributed by atoms with van der Waals surface area (Å²) in [7, 11) is 0. The molecule has 6 nitrogen and oxygen atoms in total. The van der Waals surface area contributed by atoms with Crippen LogP contribution in [0.3, 0.4) is 0 Å². The van der Waals surface area contributed by atoms with Crippen molar-refractivity contribution in [2.45, 2.75) is 25.7 Å². The molecule has 1 atom stereocenters. The van der Waals surface area contributed by atoms with Crippen molar-refractivity contribution in [1.82, 2.24) is 19.7 Å². The lowest BCUT2D eigenvalue weighted by Crippen LogP contribution is -2.45. The zero-order chi connectivity index (χ0) is 22.5. The van der Waals surface area contributed by atoms with Gasteiger partial charge in [-0.05, 0) is 28.3 Å². The van der Waals surface area contributed by atoms with Gasteiger partial charge in [-0.3, -0.25) is 19.7 Å². The molecule has 5 rings (SSSR count). The van der Waals surface area contributed by atoms with Gasteiger partial charge in [-0.25, -0.2) is 4.79 Å². The summed E-state index contributed by atoms with van der Waals surface area (Å²) >= 11 is 0. The Balaban J connectivity index is 1.09. The van der Waals surface area contributed by atoms with Gasteiger partial charge in [0.25, 0.3) is 0 Å². The maximum Gasteiger partial charge on any atom is 0.410 e. The average molecular weight is 443 g/mol. The van der Waals surface area contributed by atoms with E-state index in [1.54, 1.807) is 4.90 Å². The van der Waals surface area contributed by atoms with Crippen LogP contribution in [-0.2, 0) is 24.4 Å². The molecule has 0 N–H and O–H groups in total. The van der Waals surface area contributed by atoms with Crippen molar-refractivity contribution in [3.8, 4) is 0 Å². The van der Waals surface area contributed by atoms with Crippen molar-refractivity contribution in [3.05, 3.63) is 101 Å². The summed E-state index contributed by atoms with van der Waals surface area (Å²) in [4.78, 5) is 23.3. The fraction of sp³-hybridized carbons (Fsp3) is 0.333. The molecule has 2 saturated heterocycles. The number of carbonyl (C=O) groups excluding carboxylic acids is 1. The Bertz CT molecular complexity index is 1030. The van der Waals surface area contributed by atoms with E-state index in [1.807, 2.05) is 48.8 Å². The van der Waals surface area contributed by atoms with Crippen LogP contribution in [0, 0.1) is 0 Å². The summed E-state index contributed by atoms with van der Waals surface area (Å²) in [5.74, 6) is 0. The topological polar surface area (TPSA) is 48.9 Å². The number of benzene rings is 2. The Hall–Kier alpha value is -3.22. The van der Waals surface area contributed by atoms with Crippen LogP contribution in [-0.4, -0.2) is 58.5 Å². The van der Waals surface area contributed by atoms with Crippen LogP contribution in [0.2, 0.25) is 0 Å². The minimum absolute atomic E-state index is 0.185. The first-order valence-electron chi connectivity index (χ1n) is 11.6. The van der Waals surface area contributed by atoms with E-state index in [9.17, 15) is 4.79 Å². The number of aromatic nitrogens is 1. The largest absolute Gasteiger partial charge is 0.439 e. The third kappa shape index (κ3) is 5.59. The van der Waals surface area contributed by atoms with Gasteiger partial charge in [0, 0.05) is 58.2 Å². The summed E-state index contributed by atoms with van der Waals surface area (Å²) in [5, 5.41) is 0. The molecule has 0 spiro atoms. The minimum atomic E-state index is -0.239. The second kappa shape index (κ2) is 10.1. The highest BCUT2D eigenvalue weighted by Gasteiger charge is 2.32. The molecule has 170 valence electrons. The van der Waals surface area contributed by atoms with E-state index in [0.29, 0.717) is 13.1 Å². The number of hydrogen-bond donors (Lipinski definition) is 0. The predicted octanol–water partition coefficient (Wildman–Crippen LogP) is 4.09. The number of ether oxygens (including phenoxy) is 1. The number of carbonyl (C=O) groups is 1. The minimum Gasteiger partial charge on any atom is -0.439 e. The third-order valence-electron chi connectivity index (χ3n) is 6.46. The van der Waals surface area contributed by atoms with Crippen LogP contribution < -0.4 is 0 Å². The van der Waals surface area contributed by atoms with Gasteiger partial charge in [0.15, 0.2) is 0 Å². The molecule has 1 aromatic heterocycles. The highest BCUT2D eigenvalue weighted by atomic mass is 16.6. The first-order chi connectivity index (χ1) is 16.2. The van der Waals surface area contributed by atoms with Gasteiger partial charge >= 0.3 is 6.09 Å². The normalized spacial score (nSPS) is 19.6. The van der Waals surface area contributed by atoms with E-state index in [4.69, 9.17) is 4.74 Å². The summed E-state index contributed by atoms with van der Waals surface area (Å²) < 4.78 is 5.58. The molecule has 2 fully saturated rings. The summed E-state index contributed by atoms with van der Waals surface area (Å²) in [6.07, 6.45) is 3.36. The summed E-state index contributed by atoms with van der Waals surface area (Å²) in [5.41, 5.74) is 4.76. The molecule has 1 amide bonds. The second-order valence-corrected chi connectivity index (χ2v) is 8.89. The van der Waals surface area contributed by atoms with E-state index < -0.39 is 0 Å². The molecular weight excluding hydrogens is 412 g/mol. The fourth-order valence-electron chi connectivity index (χ4n) is 4.56. The Morgan fingerprint density at radius 3 is 2.03 bits per heavy atom. The van der Waals surface area contributed by atoms with Gasteiger partial charge < -0.3 is 4.74 Å². The molecule has 0 aliphatic carbocycles. The number of cyclic esters (lactones) is 1. The van der Waals surface area contributed by atoms with E-state index >= 15 is 0 Å². The van der Waals surface area contributed by atoms with Crippen molar-refractivity contribution in [2.75, 3.05) is 32.7 Å². The average Bonchev–Trinajstić information content (AvgIpc) is 3.23. The summed E-state index contributed by atoms with van der Waals surface area (Å²) in [6.45, 7) is 7.40. The van der Waals surface area contributed by atoms with E-state index in [2.05, 4.69) is 45.1 Å². The second-order valence-electron chi connectivity index (χ2n) is 8.89. The Morgan fingerprint density at radius 2 is 1.39 bits per heavy atom. The molecule has 0 radical (unpaired) electrons. The molecule has 0 saturated carbocycles. The van der Waals surface area contributed by atoms with Crippen LogP contribution >= 0.6 is 0 Å². The number of pyridine rings is 1. The molecule has 0 unspecified atom stereocenters. The lowest BCUT2D eigenvalue weighted by molar-refractivity contribution is 0.122. The molecule has 0 bridgehead atoms. The fourth-order valence-corrected chi connectivity index (χ4v) is 4.56. The molecule has 3 aromatic rings. The van der Waals surface area contributed by atoms with E-state index in [-0.39, 0.29) is 12.2 Å². The molecule has 33 heavy (non-hydrogen) atoms. The van der Waals surface area contributed by atoms with Crippen molar-refractivity contribution in [3.63, 3.8) is 0 Å². The smallest absolute Gasteiger partial charge is 0.410 e. The van der Waals surface area contributed by atoms with E-state index in [1.165, 1.54) is 11.1 Å². The Labute approximate surface area is 195 Å². The number of nitrogens with zero attached hydrogens (tertiary/aromatic N) is 4. The predicted molar refractivity (Wildman–Crippen MR) is 127 cm³/mol. The van der Waals surface area contributed by atoms with Gasteiger partial charge in [0.05, 0.1) is 6.54 Å². The van der Waals surface area contributed by atoms with Crippen molar-refractivity contribution in [2.24, 2.45) is 0 Å². The lowest BCUT2D eigenvalue weighted by atomic mass is 10.1. The first kappa shape index (κ1) is 21.6. The van der Waals surface area contributed by atoms with Gasteiger partial charge in [-0.15, -0.1) is 0 Å². The highest BCUT2D eigenvalue weighted by Crippen LogP contribution is 2.27. The SMILES string of the molecule is O=C1O[C@H](c2ccccc2)CN1Cc1ccc(CN2CCN(Cc3cccnc3)CC2)cc1. The Kier molecular flexibility index (Phi) is 6.65. The zero-order valence-corrected chi connectivity index (χ0v) is 18.8. The lowest BCUT2D eigenvalue weighted by Gasteiger charge is -2.34. The molecule has 2 aliphatic heterocycles. The first-order valence-corrected chi connectivity index (χ1v) is 11.6. The van der Waals surface area contributed by atoms with Gasteiger partial charge in [0.1, 0.15) is 6.10 Å².